The van der Waals surface area contributed by atoms with Crippen LogP contribution in [0, 0.1) is 21.3 Å². The molecule has 0 radical (unpaired) electrons. The van der Waals surface area contributed by atoms with Crippen molar-refractivity contribution in [3.8, 4) is 0 Å². The van der Waals surface area contributed by atoms with Crippen molar-refractivity contribution in [2.45, 2.75) is 19.3 Å². The van der Waals surface area contributed by atoms with Gasteiger partial charge < -0.3 is 10.4 Å². The van der Waals surface area contributed by atoms with Crippen LogP contribution in [0.1, 0.15) is 29.6 Å². The fraction of sp³-hybridized carbons (Fsp3) is 0.462. The highest BCUT2D eigenvalue weighted by Gasteiger charge is 2.41. The average molecular weight is 282 g/mol. The van der Waals surface area contributed by atoms with E-state index >= 15 is 0 Å². The number of hydrogen-bond donors (Lipinski definition) is 2. The molecule has 6 nitrogen and oxygen atoms in total. The maximum Gasteiger partial charge on any atom is 0.304 e. The fourth-order valence-electron chi connectivity index (χ4n) is 2.10. The third-order valence-electron chi connectivity index (χ3n) is 3.63. The Morgan fingerprint density at radius 3 is 2.70 bits per heavy atom. The molecule has 0 atom stereocenters. The van der Waals surface area contributed by atoms with Gasteiger partial charge in [-0.25, -0.2) is 0 Å². The lowest BCUT2D eigenvalue weighted by molar-refractivity contribution is -0.387. The Labute approximate surface area is 114 Å². The Kier molecular flexibility index (Phi) is 3.99. The summed E-state index contributed by atoms with van der Waals surface area (Å²) >= 11 is 0. The van der Waals surface area contributed by atoms with Crippen LogP contribution in [0.3, 0.4) is 0 Å². The van der Waals surface area contributed by atoms with Crippen molar-refractivity contribution in [1.82, 2.24) is 5.32 Å². The molecule has 1 saturated carbocycles. The molecule has 2 rings (SSSR count). The second-order valence-electron chi connectivity index (χ2n) is 5.08. The molecule has 1 aliphatic carbocycles. The number of amides is 1. The number of carbonyl (C=O) groups is 1. The van der Waals surface area contributed by atoms with Gasteiger partial charge in [0.25, 0.3) is 5.91 Å². The van der Waals surface area contributed by atoms with Gasteiger partial charge in [-0.05, 0) is 36.8 Å². The number of rotatable bonds is 6. The molecule has 0 aliphatic heterocycles. The second kappa shape index (κ2) is 5.54. The van der Waals surface area contributed by atoms with Crippen LogP contribution in [-0.4, -0.2) is 29.1 Å². The normalized spacial score (nSPS) is 15.7. The van der Waals surface area contributed by atoms with E-state index in [0.29, 0.717) is 13.0 Å². The number of nitro groups is 1. The Morgan fingerprint density at radius 2 is 2.20 bits per heavy atom. The molecule has 1 aliphatic rings. The zero-order valence-corrected chi connectivity index (χ0v) is 10.8. The van der Waals surface area contributed by atoms with E-state index in [-0.39, 0.29) is 17.6 Å². The van der Waals surface area contributed by atoms with E-state index in [2.05, 4.69) is 5.32 Å². The molecule has 1 amide bonds. The van der Waals surface area contributed by atoms with Gasteiger partial charge in [0.05, 0.1) is 4.92 Å². The van der Waals surface area contributed by atoms with E-state index in [1.54, 1.807) is 0 Å². The fourth-order valence-corrected chi connectivity index (χ4v) is 2.10. The number of hydrogen-bond acceptors (Lipinski definition) is 4. The molecule has 0 bridgehead atoms. The average Bonchev–Trinajstić information content (AvgIpc) is 3.16. The minimum Gasteiger partial charge on any atom is -0.396 e. The number of nitrogens with one attached hydrogen (secondary N) is 1. The summed E-state index contributed by atoms with van der Waals surface area (Å²) in [5.41, 5.74) is -0.641. The number of aliphatic hydroxyl groups excluding tert-OH is 1. The van der Waals surface area contributed by atoms with Crippen LogP contribution in [-0.2, 0) is 0 Å². The number of nitro benzene ring substituents is 1. The van der Waals surface area contributed by atoms with Crippen LogP contribution in [0.4, 0.5) is 10.1 Å². The van der Waals surface area contributed by atoms with Crippen LogP contribution in [0.25, 0.3) is 0 Å². The van der Waals surface area contributed by atoms with E-state index in [4.69, 9.17) is 5.11 Å². The van der Waals surface area contributed by atoms with Crippen molar-refractivity contribution in [2.24, 2.45) is 5.41 Å². The first-order valence-electron chi connectivity index (χ1n) is 6.30. The molecule has 0 unspecified atom stereocenters. The smallest absolute Gasteiger partial charge is 0.304 e. The Balaban J connectivity index is 1.99. The van der Waals surface area contributed by atoms with Crippen LogP contribution in [0.2, 0.25) is 0 Å². The molecule has 0 spiro atoms. The summed E-state index contributed by atoms with van der Waals surface area (Å²) in [6.45, 7) is 0.493. The Morgan fingerprint density at radius 1 is 1.50 bits per heavy atom. The molecular formula is C13H15FN2O4. The van der Waals surface area contributed by atoms with Crippen LogP contribution >= 0.6 is 0 Å². The highest BCUT2D eigenvalue weighted by atomic mass is 19.1. The monoisotopic (exact) mass is 282 g/mol. The summed E-state index contributed by atoms with van der Waals surface area (Å²) in [4.78, 5) is 21.5. The first kappa shape index (κ1) is 14.4. The third kappa shape index (κ3) is 3.11. The first-order chi connectivity index (χ1) is 9.47. The summed E-state index contributed by atoms with van der Waals surface area (Å²) in [6, 6.07) is 3.06. The van der Waals surface area contributed by atoms with Gasteiger partial charge in [0.15, 0.2) is 0 Å². The van der Waals surface area contributed by atoms with Gasteiger partial charge in [-0.1, -0.05) is 0 Å². The van der Waals surface area contributed by atoms with Crippen molar-refractivity contribution < 1.29 is 19.2 Å². The second-order valence-corrected chi connectivity index (χ2v) is 5.08. The number of nitrogens with zero attached hydrogens (tertiary/aromatic N) is 1. The molecule has 20 heavy (non-hydrogen) atoms. The molecule has 0 heterocycles. The number of aliphatic hydroxyl groups is 1. The van der Waals surface area contributed by atoms with Gasteiger partial charge in [0.1, 0.15) is 0 Å². The summed E-state index contributed by atoms with van der Waals surface area (Å²) in [5.74, 6) is -1.50. The van der Waals surface area contributed by atoms with E-state index in [1.165, 1.54) is 6.07 Å². The summed E-state index contributed by atoms with van der Waals surface area (Å²) in [7, 11) is 0. The van der Waals surface area contributed by atoms with Crippen LogP contribution in [0.15, 0.2) is 18.2 Å². The van der Waals surface area contributed by atoms with E-state index < -0.39 is 22.3 Å². The lowest BCUT2D eigenvalue weighted by Gasteiger charge is -2.14. The van der Waals surface area contributed by atoms with E-state index in [0.717, 1.165) is 25.0 Å². The lowest BCUT2D eigenvalue weighted by Crippen LogP contribution is -2.30. The standard InChI is InChI=1S/C13H15FN2O4/c14-10-7-9(1-2-11(10)16(19)20)12(18)15-8-13(3-4-13)5-6-17/h1-2,7,17H,3-6,8H2,(H,15,18). The maximum atomic E-state index is 13.4. The summed E-state index contributed by atoms with van der Waals surface area (Å²) in [5, 5.41) is 22.1. The topological polar surface area (TPSA) is 92.5 Å². The lowest BCUT2D eigenvalue weighted by atomic mass is 10.0. The highest BCUT2D eigenvalue weighted by Crippen LogP contribution is 2.47. The number of carbonyl (C=O) groups excluding carboxylic acids is 1. The van der Waals surface area contributed by atoms with E-state index in [1.807, 2.05) is 0 Å². The SMILES string of the molecule is O=C(NCC1(CCO)CC1)c1ccc([N+](=O)[O-])c(F)c1. The Hall–Kier alpha value is -2.02. The molecule has 108 valence electrons. The van der Waals surface area contributed by atoms with Gasteiger partial charge >= 0.3 is 5.69 Å². The molecule has 1 aromatic carbocycles. The molecule has 0 saturated heterocycles. The predicted octanol–water partition coefficient (Wildman–Crippen LogP) is 1.63. The number of halogens is 1. The van der Waals surface area contributed by atoms with Crippen molar-refractivity contribution in [1.29, 1.82) is 0 Å². The van der Waals surface area contributed by atoms with Crippen LogP contribution in [0.5, 0.6) is 0 Å². The molecular weight excluding hydrogens is 267 g/mol. The molecule has 7 heteroatoms. The summed E-state index contributed by atoms with van der Waals surface area (Å²) in [6.07, 6.45) is 2.52. The maximum absolute atomic E-state index is 13.4. The van der Waals surface area contributed by atoms with Gasteiger partial charge in [0.2, 0.25) is 5.82 Å². The van der Waals surface area contributed by atoms with Crippen molar-refractivity contribution in [3.63, 3.8) is 0 Å². The molecule has 0 aromatic heterocycles. The molecule has 1 fully saturated rings. The largest absolute Gasteiger partial charge is 0.396 e. The molecule has 2 N–H and O–H groups in total. The van der Waals surface area contributed by atoms with Gasteiger partial charge in [-0.15, -0.1) is 0 Å². The minimum atomic E-state index is -1.03. The predicted molar refractivity (Wildman–Crippen MR) is 68.8 cm³/mol. The zero-order chi connectivity index (χ0) is 14.8. The van der Waals surface area contributed by atoms with E-state index in [9.17, 15) is 19.3 Å². The summed E-state index contributed by atoms with van der Waals surface area (Å²) < 4.78 is 13.4. The number of benzene rings is 1. The van der Waals surface area contributed by atoms with Crippen molar-refractivity contribution >= 4 is 11.6 Å². The minimum absolute atomic E-state index is 0.0380. The van der Waals surface area contributed by atoms with Gasteiger partial charge in [0, 0.05) is 24.8 Å². The van der Waals surface area contributed by atoms with Gasteiger partial charge in [-0.3, -0.25) is 14.9 Å². The van der Waals surface area contributed by atoms with Crippen molar-refractivity contribution in [3.05, 3.63) is 39.7 Å². The third-order valence-corrected chi connectivity index (χ3v) is 3.63. The van der Waals surface area contributed by atoms with Gasteiger partial charge in [-0.2, -0.15) is 4.39 Å². The van der Waals surface area contributed by atoms with Crippen LogP contribution < -0.4 is 5.32 Å². The molecule has 1 aromatic rings. The van der Waals surface area contributed by atoms with Crippen molar-refractivity contribution in [2.75, 3.05) is 13.2 Å². The Bertz CT molecular complexity index is 543. The first-order valence-corrected chi connectivity index (χ1v) is 6.30. The highest BCUT2D eigenvalue weighted by molar-refractivity contribution is 5.94. The quantitative estimate of drug-likeness (QED) is 0.612. The zero-order valence-electron chi connectivity index (χ0n) is 10.8.